The summed E-state index contributed by atoms with van der Waals surface area (Å²) in [5.41, 5.74) is 2.71. The minimum absolute atomic E-state index is 0.0574. The van der Waals surface area contributed by atoms with Gasteiger partial charge in [0.15, 0.2) is 0 Å². The van der Waals surface area contributed by atoms with Crippen LogP contribution in [0.15, 0.2) is 36.4 Å². The van der Waals surface area contributed by atoms with Crippen LogP contribution in [0, 0.1) is 18.6 Å². The molecule has 0 bridgehead atoms. The van der Waals surface area contributed by atoms with Crippen LogP contribution in [0.25, 0.3) is 0 Å². The van der Waals surface area contributed by atoms with E-state index in [1.807, 2.05) is 14.0 Å². The minimum atomic E-state index is -0.333. The molecule has 0 aromatic heterocycles. The molecule has 1 aliphatic rings. The molecule has 0 radical (unpaired) electrons. The molecular weight excluding hydrogens is 272 g/mol. The van der Waals surface area contributed by atoms with Crippen LogP contribution in [0.1, 0.15) is 35.3 Å². The molecule has 1 aliphatic heterocycles. The molecule has 21 heavy (non-hydrogen) atoms. The van der Waals surface area contributed by atoms with Crippen molar-refractivity contribution >= 4 is 0 Å². The van der Waals surface area contributed by atoms with Gasteiger partial charge < -0.3 is 10.1 Å². The maximum atomic E-state index is 13.5. The van der Waals surface area contributed by atoms with Crippen LogP contribution >= 0.6 is 0 Å². The lowest BCUT2D eigenvalue weighted by Gasteiger charge is -2.33. The van der Waals surface area contributed by atoms with Crippen molar-refractivity contribution in [2.24, 2.45) is 0 Å². The Morgan fingerprint density at radius 3 is 2.52 bits per heavy atom. The second kappa shape index (κ2) is 5.45. The average molecular weight is 289 g/mol. The van der Waals surface area contributed by atoms with Crippen LogP contribution in [-0.2, 0) is 0 Å². The molecule has 2 nitrogen and oxygen atoms in total. The van der Waals surface area contributed by atoms with E-state index in [1.165, 1.54) is 24.3 Å². The topological polar surface area (TPSA) is 21.3 Å². The predicted octanol–water partition coefficient (Wildman–Crippen LogP) is 4.06. The summed E-state index contributed by atoms with van der Waals surface area (Å²) in [6.07, 6.45) is 0.395. The highest BCUT2D eigenvalue weighted by Crippen LogP contribution is 2.41. The zero-order valence-electron chi connectivity index (χ0n) is 12.0. The third kappa shape index (κ3) is 2.63. The maximum Gasteiger partial charge on any atom is 0.127 e. The van der Waals surface area contributed by atoms with E-state index in [4.69, 9.17) is 4.74 Å². The van der Waals surface area contributed by atoms with Gasteiger partial charge in [-0.2, -0.15) is 0 Å². The van der Waals surface area contributed by atoms with Crippen LogP contribution in [0.2, 0.25) is 0 Å². The van der Waals surface area contributed by atoms with Crippen LogP contribution in [-0.4, -0.2) is 7.05 Å². The Morgan fingerprint density at radius 1 is 1.05 bits per heavy atom. The molecule has 2 aromatic rings. The number of hydrogen-bond donors (Lipinski definition) is 1. The molecule has 0 aliphatic carbocycles. The number of nitrogens with one attached hydrogen (secondary N) is 1. The van der Waals surface area contributed by atoms with E-state index >= 15 is 0 Å². The Kier molecular flexibility index (Phi) is 3.64. The fraction of sp³-hybridized carbons (Fsp3) is 0.294. The zero-order valence-corrected chi connectivity index (χ0v) is 12.0. The van der Waals surface area contributed by atoms with Gasteiger partial charge in [-0.25, -0.2) is 8.78 Å². The average Bonchev–Trinajstić information content (AvgIpc) is 2.48. The van der Waals surface area contributed by atoms with Gasteiger partial charge in [0.05, 0.1) is 0 Å². The Hall–Kier alpha value is -1.94. The van der Waals surface area contributed by atoms with Gasteiger partial charge in [-0.15, -0.1) is 0 Å². The molecule has 2 aromatic carbocycles. The fourth-order valence-corrected chi connectivity index (χ4v) is 2.86. The van der Waals surface area contributed by atoms with Crippen molar-refractivity contribution in [3.8, 4) is 5.75 Å². The normalized spacial score (nSPS) is 20.8. The molecule has 1 N–H and O–H groups in total. The molecule has 0 fully saturated rings. The summed E-state index contributed by atoms with van der Waals surface area (Å²) >= 11 is 0. The van der Waals surface area contributed by atoms with Crippen LogP contribution in [0.5, 0.6) is 5.75 Å². The Balaban J connectivity index is 2.01. The molecule has 0 spiro atoms. The van der Waals surface area contributed by atoms with Gasteiger partial charge >= 0.3 is 0 Å². The van der Waals surface area contributed by atoms with E-state index in [0.717, 1.165) is 16.7 Å². The zero-order chi connectivity index (χ0) is 15.0. The first-order chi connectivity index (χ1) is 10.1. The minimum Gasteiger partial charge on any atom is -0.485 e. The summed E-state index contributed by atoms with van der Waals surface area (Å²) in [5.74, 6) is -0.0975. The third-order valence-corrected chi connectivity index (χ3v) is 4.01. The van der Waals surface area contributed by atoms with Crippen molar-refractivity contribution in [3.63, 3.8) is 0 Å². The first kappa shape index (κ1) is 14.0. The van der Waals surface area contributed by atoms with Gasteiger partial charge in [-0.3, -0.25) is 0 Å². The lowest BCUT2D eigenvalue weighted by molar-refractivity contribution is 0.152. The van der Waals surface area contributed by atoms with Gasteiger partial charge in [-0.1, -0.05) is 12.1 Å². The number of fused-ring (bicyclic) bond motifs is 1. The van der Waals surface area contributed by atoms with Crippen LogP contribution in [0.4, 0.5) is 8.78 Å². The molecular formula is C17H17F2NO. The third-order valence-electron chi connectivity index (χ3n) is 4.01. The van der Waals surface area contributed by atoms with Crippen molar-refractivity contribution in [2.75, 3.05) is 7.05 Å². The van der Waals surface area contributed by atoms with E-state index in [-0.39, 0.29) is 23.8 Å². The first-order valence-electron chi connectivity index (χ1n) is 6.98. The highest BCUT2D eigenvalue weighted by molar-refractivity contribution is 5.41. The number of rotatable bonds is 2. The number of halogens is 2. The standard InChI is InChI=1S/C17H17F2NO/c1-10-3-4-11(18)7-14(10)17-9-15(20-2)13-6-5-12(19)8-16(13)21-17/h3-8,15,17,20H,9H2,1-2H3. The van der Waals surface area contributed by atoms with E-state index in [2.05, 4.69) is 5.32 Å². The monoisotopic (exact) mass is 289 g/mol. The SMILES string of the molecule is CNC1CC(c2cc(F)ccc2C)Oc2cc(F)ccc21. The molecule has 1 heterocycles. The van der Waals surface area contributed by atoms with E-state index in [0.29, 0.717) is 12.2 Å². The van der Waals surface area contributed by atoms with Crippen molar-refractivity contribution in [1.82, 2.24) is 5.32 Å². The van der Waals surface area contributed by atoms with Crippen molar-refractivity contribution < 1.29 is 13.5 Å². The highest BCUT2D eigenvalue weighted by Gasteiger charge is 2.29. The second-order valence-corrected chi connectivity index (χ2v) is 5.37. The molecule has 0 saturated heterocycles. The maximum absolute atomic E-state index is 13.5. The van der Waals surface area contributed by atoms with Gasteiger partial charge in [0.25, 0.3) is 0 Å². The summed E-state index contributed by atoms with van der Waals surface area (Å²) in [4.78, 5) is 0. The van der Waals surface area contributed by atoms with Crippen molar-refractivity contribution in [3.05, 3.63) is 64.7 Å². The number of aryl methyl sites for hydroxylation is 1. The van der Waals surface area contributed by atoms with E-state index in [9.17, 15) is 8.78 Å². The summed E-state index contributed by atoms with van der Waals surface area (Å²) < 4.78 is 32.9. The first-order valence-corrected chi connectivity index (χ1v) is 6.98. The molecule has 0 saturated carbocycles. The van der Waals surface area contributed by atoms with Gasteiger partial charge in [-0.05, 0) is 43.3 Å². The molecule has 4 heteroatoms. The number of benzene rings is 2. The summed E-state index contributed by atoms with van der Waals surface area (Å²) in [6.45, 7) is 1.92. The molecule has 3 rings (SSSR count). The lowest BCUT2D eigenvalue weighted by Crippen LogP contribution is -2.27. The smallest absolute Gasteiger partial charge is 0.127 e. The molecule has 110 valence electrons. The Morgan fingerprint density at radius 2 is 1.76 bits per heavy atom. The molecule has 2 unspecified atom stereocenters. The lowest BCUT2D eigenvalue weighted by atomic mass is 9.91. The molecule has 0 amide bonds. The predicted molar refractivity (Wildman–Crippen MR) is 77.3 cm³/mol. The Bertz CT molecular complexity index is 672. The number of hydrogen-bond acceptors (Lipinski definition) is 2. The summed E-state index contributed by atoms with van der Waals surface area (Å²) in [7, 11) is 1.86. The van der Waals surface area contributed by atoms with Crippen molar-refractivity contribution in [2.45, 2.75) is 25.5 Å². The van der Waals surface area contributed by atoms with Crippen LogP contribution < -0.4 is 10.1 Å². The summed E-state index contributed by atoms with van der Waals surface area (Å²) in [6, 6.07) is 9.29. The molecule has 2 atom stereocenters. The highest BCUT2D eigenvalue weighted by atomic mass is 19.1. The Labute approximate surface area is 122 Å². The van der Waals surface area contributed by atoms with Gasteiger partial charge in [0, 0.05) is 24.1 Å². The van der Waals surface area contributed by atoms with E-state index < -0.39 is 0 Å². The number of ether oxygens (including phenoxy) is 1. The quantitative estimate of drug-likeness (QED) is 0.900. The van der Waals surface area contributed by atoms with Gasteiger partial charge in [0.2, 0.25) is 0 Å². The second-order valence-electron chi connectivity index (χ2n) is 5.37. The van der Waals surface area contributed by atoms with Gasteiger partial charge in [0.1, 0.15) is 23.5 Å². The van der Waals surface area contributed by atoms with E-state index in [1.54, 1.807) is 12.1 Å². The fourth-order valence-electron chi connectivity index (χ4n) is 2.86. The van der Waals surface area contributed by atoms with Crippen molar-refractivity contribution in [1.29, 1.82) is 0 Å². The largest absolute Gasteiger partial charge is 0.485 e. The van der Waals surface area contributed by atoms with Crippen LogP contribution in [0.3, 0.4) is 0 Å². The summed E-state index contributed by atoms with van der Waals surface area (Å²) in [5, 5.41) is 3.22.